The molecule has 1 amide bonds. The van der Waals surface area contributed by atoms with Crippen molar-refractivity contribution in [2.24, 2.45) is 0 Å². The van der Waals surface area contributed by atoms with E-state index in [1.54, 1.807) is 2.90 Å². The molecule has 1 N–H and O–H groups in total. The summed E-state index contributed by atoms with van der Waals surface area (Å²) in [6.45, 7) is 0.622. The van der Waals surface area contributed by atoms with Gasteiger partial charge in [-0.3, -0.25) is 4.79 Å². The monoisotopic (exact) mass is 249 g/mol. The molecule has 2 rings (SSSR count). The number of amides is 1. The van der Waals surface area contributed by atoms with Crippen LogP contribution in [0.3, 0.4) is 0 Å². The molecule has 10 heavy (non-hydrogen) atoms. The minimum atomic E-state index is -0.0644. The largest absolute Gasteiger partial charge is 0.346 e. The van der Waals surface area contributed by atoms with Crippen LogP contribution in [0, 0.1) is 0 Å². The van der Waals surface area contributed by atoms with Crippen LogP contribution in [0.1, 0.15) is 16.1 Å². The first-order chi connectivity index (χ1) is 4.77. The molecule has 52 valence electrons. The van der Waals surface area contributed by atoms with Gasteiger partial charge in [0.25, 0.3) is 5.91 Å². The lowest BCUT2D eigenvalue weighted by molar-refractivity contribution is 0.0960. The molecule has 1 aromatic rings. The molecule has 1 aromatic heterocycles. The Balaban J connectivity index is 2.59. The van der Waals surface area contributed by atoms with Crippen molar-refractivity contribution in [1.82, 2.24) is 13.3 Å². The average Bonchev–Trinajstić information content (AvgIpc) is 2.35. The van der Waals surface area contributed by atoms with Crippen LogP contribution >= 0.6 is 22.9 Å². The number of aromatic nitrogens is 2. The van der Waals surface area contributed by atoms with E-state index < -0.39 is 0 Å². The molecule has 0 aromatic carbocycles. The Bertz CT molecular complexity index is 293. The van der Waals surface area contributed by atoms with E-state index in [-0.39, 0.29) is 5.91 Å². The van der Waals surface area contributed by atoms with Gasteiger partial charge in [-0.25, -0.2) is 2.90 Å². The van der Waals surface area contributed by atoms with Crippen molar-refractivity contribution < 1.29 is 4.79 Å². The Labute approximate surface area is 71.1 Å². The first-order valence-corrected chi connectivity index (χ1v) is 3.77. The van der Waals surface area contributed by atoms with E-state index in [2.05, 4.69) is 10.4 Å². The van der Waals surface area contributed by atoms with E-state index in [4.69, 9.17) is 0 Å². The number of hydrogen-bond donors (Lipinski definition) is 1. The van der Waals surface area contributed by atoms with E-state index in [9.17, 15) is 4.79 Å². The lowest BCUT2D eigenvalue weighted by Crippen LogP contribution is -2.14. The van der Waals surface area contributed by atoms with Crippen molar-refractivity contribution in [1.29, 1.82) is 0 Å². The topological polar surface area (TPSA) is 46.9 Å². The van der Waals surface area contributed by atoms with Crippen LogP contribution in [0.4, 0.5) is 0 Å². The van der Waals surface area contributed by atoms with Crippen LogP contribution in [0.2, 0.25) is 0 Å². The Hall–Kier alpha value is -0.590. The third-order valence-electron chi connectivity index (χ3n) is 1.42. The lowest BCUT2D eigenvalue weighted by atomic mass is 10.3. The molecule has 0 atom stereocenters. The maximum atomic E-state index is 10.9. The Kier molecular flexibility index (Phi) is 1.19. The second-order valence-electron chi connectivity index (χ2n) is 2.07. The number of halogens is 1. The van der Waals surface area contributed by atoms with Gasteiger partial charge in [0.1, 0.15) is 0 Å². The molecule has 0 radical (unpaired) electrons. The predicted octanol–water partition coefficient (Wildman–Crippen LogP) is 0.325. The van der Waals surface area contributed by atoms with Gasteiger partial charge in [-0.2, -0.15) is 5.10 Å². The summed E-state index contributed by atoms with van der Waals surface area (Å²) < 4.78 is 1.63. The van der Waals surface area contributed by atoms with Crippen LogP contribution < -0.4 is 5.32 Å². The summed E-state index contributed by atoms with van der Waals surface area (Å²) in [4.78, 5) is 10.9. The molecule has 0 spiro atoms. The van der Waals surface area contributed by atoms with Crippen LogP contribution in [0.25, 0.3) is 0 Å². The number of carbonyl (C=O) groups excluding carboxylic acids is 1. The number of hydrogen-bond acceptors (Lipinski definition) is 2. The third kappa shape index (κ3) is 0.731. The van der Waals surface area contributed by atoms with Crippen molar-refractivity contribution in [3.63, 3.8) is 0 Å². The van der Waals surface area contributed by atoms with E-state index in [0.29, 0.717) is 12.2 Å². The molecular weight excluding hydrogens is 245 g/mol. The van der Waals surface area contributed by atoms with Crippen LogP contribution in [-0.2, 0) is 6.54 Å². The second-order valence-corrected chi connectivity index (χ2v) is 3.06. The first-order valence-electron chi connectivity index (χ1n) is 2.80. The molecule has 2 heterocycles. The smallest absolute Gasteiger partial charge is 0.272 e. The average molecular weight is 249 g/mol. The zero-order chi connectivity index (χ0) is 7.14. The molecular formula is C5H4IN3O. The lowest BCUT2D eigenvalue weighted by Gasteiger charge is -1.87. The minimum absolute atomic E-state index is 0.0644. The van der Waals surface area contributed by atoms with Crippen LogP contribution in [0.5, 0.6) is 0 Å². The summed E-state index contributed by atoms with van der Waals surface area (Å²) in [7, 11) is 0. The maximum Gasteiger partial charge on any atom is 0.272 e. The highest BCUT2D eigenvalue weighted by Crippen LogP contribution is 2.13. The summed E-state index contributed by atoms with van der Waals surface area (Å²) >= 11 is 2.02. The fourth-order valence-electron chi connectivity index (χ4n) is 0.958. The molecule has 0 bridgehead atoms. The van der Waals surface area contributed by atoms with Crippen molar-refractivity contribution in [3.05, 3.63) is 17.5 Å². The van der Waals surface area contributed by atoms with Crippen molar-refractivity contribution >= 4 is 28.8 Å². The van der Waals surface area contributed by atoms with Gasteiger partial charge in [0.2, 0.25) is 0 Å². The zero-order valence-electron chi connectivity index (χ0n) is 4.97. The molecule has 1 aliphatic rings. The molecule has 0 fully saturated rings. The Morgan fingerprint density at radius 3 is 3.30 bits per heavy atom. The number of fused-ring (bicyclic) bond motifs is 1. The quantitative estimate of drug-likeness (QED) is 0.673. The molecule has 0 unspecified atom stereocenters. The summed E-state index contributed by atoms with van der Waals surface area (Å²) in [5.41, 5.74) is 1.55. The first kappa shape index (κ1) is 6.14. The van der Waals surface area contributed by atoms with Crippen molar-refractivity contribution in [2.45, 2.75) is 6.54 Å². The highest BCUT2D eigenvalue weighted by atomic mass is 127. The second kappa shape index (κ2) is 1.94. The van der Waals surface area contributed by atoms with Gasteiger partial charge in [-0.15, -0.1) is 0 Å². The number of nitrogens with one attached hydrogen (secondary N) is 1. The third-order valence-corrected chi connectivity index (χ3v) is 1.91. The predicted molar refractivity (Wildman–Crippen MR) is 42.8 cm³/mol. The van der Waals surface area contributed by atoms with E-state index >= 15 is 0 Å². The number of carbonyl (C=O) groups is 1. The molecule has 5 heteroatoms. The molecule has 4 nitrogen and oxygen atoms in total. The van der Waals surface area contributed by atoms with E-state index in [1.807, 2.05) is 29.1 Å². The van der Waals surface area contributed by atoms with Crippen molar-refractivity contribution in [2.75, 3.05) is 0 Å². The van der Waals surface area contributed by atoms with Crippen LogP contribution in [-0.4, -0.2) is 13.9 Å². The Morgan fingerprint density at radius 1 is 1.80 bits per heavy atom. The zero-order valence-corrected chi connectivity index (χ0v) is 7.12. The van der Waals surface area contributed by atoms with Gasteiger partial charge in [0.15, 0.2) is 5.69 Å². The summed E-state index contributed by atoms with van der Waals surface area (Å²) in [5, 5.41) is 6.64. The maximum absolute atomic E-state index is 10.9. The standard InChI is InChI=1S/C5H4IN3O/c6-9-2-3-1-7-5(10)4(3)8-9/h2H,1H2,(H,7,10). The van der Waals surface area contributed by atoms with Crippen LogP contribution in [0.15, 0.2) is 6.20 Å². The highest BCUT2D eigenvalue weighted by Gasteiger charge is 2.22. The summed E-state index contributed by atoms with van der Waals surface area (Å²) in [6, 6.07) is 0. The SMILES string of the molecule is O=C1NCc2cn(I)nc21. The van der Waals surface area contributed by atoms with Gasteiger partial charge >= 0.3 is 0 Å². The summed E-state index contributed by atoms with van der Waals surface area (Å²) in [6.07, 6.45) is 1.84. The van der Waals surface area contributed by atoms with Gasteiger partial charge in [0, 0.05) is 18.3 Å². The van der Waals surface area contributed by atoms with E-state index in [1.165, 1.54) is 0 Å². The van der Waals surface area contributed by atoms with Crippen molar-refractivity contribution in [3.8, 4) is 0 Å². The molecule has 1 aliphatic heterocycles. The van der Waals surface area contributed by atoms with E-state index in [0.717, 1.165) is 5.56 Å². The molecule has 0 aliphatic carbocycles. The molecule has 0 saturated carbocycles. The normalized spacial score (nSPS) is 15.1. The van der Waals surface area contributed by atoms with Gasteiger partial charge < -0.3 is 5.32 Å². The number of rotatable bonds is 0. The van der Waals surface area contributed by atoms with Gasteiger partial charge in [-0.1, -0.05) is 0 Å². The fourth-order valence-corrected chi connectivity index (χ4v) is 1.51. The molecule has 0 saturated heterocycles. The fraction of sp³-hybridized carbons (Fsp3) is 0.200. The van der Waals surface area contributed by atoms with Gasteiger partial charge in [0.05, 0.1) is 22.9 Å². The minimum Gasteiger partial charge on any atom is -0.346 e. The highest BCUT2D eigenvalue weighted by molar-refractivity contribution is 14.1. The summed E-state index contributed by atoms with van der Waals surface area (Å²) in [5.74, 6) is -0.0644. The number of nitrogens with zero attached hydrogens (tertiary/aromatic N) is 2. The Morgan fingerprint density at radius 2 is 2.60 bits per heavy atom. The van der Waals surface area contributed by atoms with Gasteiger partial charge in [-0.05, 0) is 0 Å².